The number of fused-ring (bicyclic) bond motifs is 1. The van der Waals surface area contributed by atoms with Gasteiger partial charge in [-0.3, -0.25) is 0 Å². The van der Waals surface area contributed by atoms with Crippen LogP contribution in [0.3, 0.4) is 0 Å². The van der Waals surface area contributed by atoms with E-state index in [2.05, 4.69) is 44.5 Å². The Morgan fingerprint density at radius 2 is 1.92 bits per heavy atom. The maximum absolute atomic E-state index is 9.42. The normalized spacial score (nSPS) is 20.2. The highest BCUT2D eigenvalue weighted by molar-refractivity contribution is 5.48. The van der Waals surface area contributed by atoms with Crippen molar-refractivity contribution in [2.45, 2.75) is 32.1 Å². The van der Waals surface area contributed by atoms with Gasteiger partial charge in [0, 0.05) is 32.3 Å². The summed E-state index contributed by atoms with van der Waals surface area (Å²) in [5.41, 5.74) is 3.04. The van der Waals surface area contributed by atoms with Crippen LogP contribution in [0.4, 0.5) is 11.6 Å². The van der Waals surface area contributed by atoms with E-state index in [1.165, 1.54) is 24.0 Å². The molecule has 0 bridgehead atoms. The van der Waals surface area contributed by atoms with Gasteiger partial charge < -0.3 is 15.3 Å². The van der Waals surface area contributed by atoms with E-state index in [0.29, 0.717) is 5.92 Å². The van der Waals surface area contributed by atoms with Crippen molar-refractivity contribution >= 4 is 11.6 Å². The van der Waals surface area contributed by atoms with E-state index in [1.807, 2.05) is 6.07 Å². The maximum atomic E-state index is 9.42. The Hall–Kier alpha value is -2.14. The van der Waals surface area contributed by atoms with Gasteiger partial charge in [0.05, 0.1) is 0 Å². The molecule has 1 unspecified atom stereocenters. The van der Waals surface area contributed by atoms with Gasteiger partial charge in [0.1, 0.15) is 18.0 Å². The number of benzene rings is 1. The van der Waals surface area contributed by atoms with E-state index >= 15 is 0 Å². The van der Waals surface area contributed by atoms with E-state index < -0.39 is 0 Å². The van der Waals surface area contributed by atoms with Crippen LogP contribution in [-0.2, 0) is 12.8 Å². The van der Waals surface area contributed by atoms with Crippen molar-refractivity contribution in [3.8, 4) is 0 Å². The predicted octanol–water partition coefficient (Wildman–Crippen LogP) is 2.90. The lowest BCUT2D eigenvalue weighted by molar-refractivity contribution is 0.208. The number of aliphatic hydroxyl groups is 1. The summed E-state index contributed by atoms with van der Waals surface area (Å²) in [6.45, 7) is 3.09. The predicted molar refractivity (Wildman–Crippen MR) is 105 cm³/mol. The highest BCUT2D eigenvalue weighted by atomic mass is 16.3. The zero-order valence-corrected chi connectivity index (χ0v) is 15.3. The van der Waals surface area contributed by atoms with Crippen molar-refractivity contribution in [2.75, 3.05) is 36.5 Å². The Morgan fingerprint density at radius 3 is 2.69 bits per heavy atom. The lowest BCUT2D eigenvalue weighted by atomic mass is 9.99. The highest BCUT2D eigenvalue weighted by Crippen LogP contribution is 2.28. The number of hydrogen-bond donors (Lipinski definition) is 2. The van der Waals surface area contributed by atoms with Crippen LogP contribution in [0.15, 0.2) is 36.7 Å². The molecule has 1 aromatic heterocycles. The molecular weight excluding hydrogens is 324 g/mol. The average molecular weight is 352 g/mol. The number of hydrogen-bond acceptors (Lipinski definition) is 5. The summed E-state index contributed by atoms with van der Waals surface area (Å²) in [4.78, 5) is 11.1. The van der Waals surface area contributed by atoms with Crippen LogP contribution in [0, 0.1) is 11.8 Å². The molecule has 1 aliphatic carbocycles. The van der Waals surface area contributed by atoms with Gasteiger partial charge >= 0.3 is 0 Å². The zero-order valence-electron chi connectivity index (χ0n) is 15.3. The number of aliphatic hydroxyl groups excluding tert-OH is 1. The molecule has 138 valence electrons. The summed E-state index contributed by atoms with van der Waals surface area (Å²) in [5, 5.41) is 12.9. The first-order valence-corrected chi connectivity index (χ1v) is 9.80. The standard InChI is InChI=1S/C21H28N4O/c26-14-17-4-3-9-25(13-17)21-12-20(23-15-24-21)22-8-7-16-10-18-5-1-2-6-19(18)11-16/h1-2,5-6,12,15-17,26H,3-4,7-11,13-14H2,(H,22,23,24). The molecule has 1 saturated heterocycles. The number of nitrogens with one attached hydrogen (secondary N) is 1. The molecule has 0 spiro atoms. The molecule has 2 heterocycles. The molecule has 1 fully saturated rings. The van der Waals surface area contributed by atoms with Crippen LogP contribution in [0.5, 0.6) is 0 Å². The fourth-order valence-electron chi connectivity index (χ4n) is 4.30. The quantitative estimate of drug-likeness (QED) is 0.837. The number of nitrogens with zero attached hydrogens (tertiary/aromatic N) is 3. The first kappa shape index (κ1) is 17.3. The highest BCUT2D eigenvalue weighted by Gasteiger charge is 2.21. The minimum atomic E-state index is 0.260. The van der Waals surface area contributed by atoms with Crippen LogP contribution < -0.4 is 10.2 Å². The molecule has 1 aromatic carbocycles. The summed E-state index contributed by atoms with van der Waals surface area (Å²) < 4.78 is 0. The smallest absolute Gasteiger partial charge is 0.134 e. The molecule has 0 saturated carbocycles. The molecule has 26 heavy (non-hydrogen) atoms. The van der Waals surface area contributed by atoms with Crippen molar-refractivity contribution in [1.82, 2.24) is 9.97 Å². The third-order valence-corrected chi connectivity index (χ3v) is 5.75. The molecule has 5 nitrogen and oxygen atoms in total. The van der Waals surface area contributed by atoms with Gasteiger partial charge in [0.2, 0.25) is 0 Å². The van der Waals surface area contributed by atoms with Crippen LogP contribution in [0.2, 0.25) is 0 Å². The molecule has 1 atom stereocenters. The fraction of sp³-hybridized carbons (Fsp3) is 0.524. The van der Waals surface area contributed by atoms with Crippen molar-refractivity contribution in [3.05, 3.63) is 47.8 Å². The van der Waals surface area contributed by atoms with Gasteiger partial charge in [-0.05, 0) is 55.1 Å². The van der Waals surface area contributed by atoms with Crippen molar-refractivity contribution in [2.24, 2.45) is 11.8 Å². The minimum absolute atomic E-state index is 0.260. The monoisotopic (exact) mass is 352 g/mol. The third-order valence-electron chi connectivity index (χ3n) is 5.75. The Labute approximate surface area is 155 Å². The first-order valence-electron chi connectivity index (χ1n) is 9.80. The van der Waals surface area contributed by atoms with Gasteiger partial charge in [-0.1, -0.05) is 24.3 Å². The summed E-state index contributed by atoms with van der Waals surface area (Å²) in [5.74, 6) is 2.96. The molecule has 1 aliphatic heterocycles. The van der Waals surface area contributed by atoms with Crippen molar-refractivity contribution in [3.63, 3.8) is 0 Å². The average Bonchev–Trinajstić information content (AvgIpc) is 3.11. The van der Waals surface area contributed by atoms with Gasteiger partial charge in [-0.25, -0.2) is 9.97 Å². The summed E-state index contributed by atoms with van der Waals surface area (Å²) in [7, 11) is 0. The van der Waals surface area contributed by atoms with E-state index in [1.54, 1.807) is 6.33 Å². The molecule has 2 N–H and O–H groups in total. The largest absolute Gasteiger partial charge is 0.396 e. The Bertz CT molecular complexity index is 710. The Balaban J connectivity index is 1.29. The first-order chi connectivity index (χ1) is 12.8. The number of piperidine rings is 1. The molecule has 0 radical (unpaired) electrons. The van der Waals surface area contributed by atoms with Gasteiger partial charge in [-0.15, -0.1) is 0 Å². The number of aromatic nitrogens is 2. The molecule has 2 aliphatic rings. The lowest BCUT2D eigenvalue weighted by Crippen LogP contribution is -2.37. The van der Waals surface area contributed by atoms with E-state index in [0.717, 1.165) is 56.5 Å². The van der Waals surface area contributed by atoms with Crippen molar-refractivity contribution in [1.29, 1.82) is 0 Å². The van der Waals surface area contributed by atoms with E-state index in [4.69, 9.17) is 0 Å². The number of rotatable bonds is 6. The Morgan fingerprint density at radius 1 is 1.12 bits per heavy atom. The van der Waals surface area contributed by atoms with Crippen LogP contribution in [0.1, 0.15) is 30.4 Å². The third kappa shape index (κ3) is 3.98. The second kappa shape index (κ2) is 8.04. The molecule has 2 aromatic rings. The summed E-state index contributed by atoms with van der Waals surface area (Å²) in [6, 6.07) is 10.9. The van der Waals surface area contributed by atoms with Crippen molar-refractivity contribution < 1.29 is 5.11 Å². The van der Waals surface area contributed by atoms with Gasteiger partial charge in [0.15, 0.2) is 0 Å². The lowest BCUT2D eigenvalue weighted by Gasteiger charge is -2.32. The fourth-order valence-corrected chi connectivity index (χ4v) is 4.30. The van der Waals surface area contributed by atoms with E-state index in [9.17, 15) is 5.11 Å². The SMILES string of the molecule is OCC1CCCN(c2cc(NCCC3Cc4ccccc4C3)ncn2)C1. The minimum Gasteiger partial charge on any atom is -0.396 e. The Kier molecular flexibility index (Phi) is 5.34. The van der Waals surface area contributed by atoms with E-state index in [-0.39, 0.29) is 6.61 Å². The second-order valence-electron chi connectivity index (χ2n) is 7.66. The molecule has 0 amide bonds. The zero-order chi connectivity index (χ0) is 17.8. The topological polar surface area (TPSA) is 61.3 Å². The summed E-state index contributed by atoms with van der Waals surface area (Å²) in [6.07, 6.45) is 7.41. The van der Waals surface area contributed by atoms with Crippen LogP contribution in [0.25, 0.3) is 0 Å². The maximum Gasteiger partial charge on any atom is 0.134 e. The van der Waals surface area contributed by atoms with Crippen LogP contribution in [-0.4, -0.2) is 41.3 Å². The second-order valence-corrected chi connectivity index (χ2v) is 7.66. The van der Waals surface area contributed by atoms with Gasteiger partial charge in [-0.2, -0.15) is 0 Å². The van der Waals surface area contributed by atoms with Gasteiger partial charge in [0.25, 0.3) is 0 Å². The molecule has 5 heteroatoms. The number of anilines is 2. The summed E-state index contributed by atoms with van der Waals surface area (Å²) >= 11 is 0. The van der Waals surface area contributed by atoms with Crippen LogP contribution >= 0.6 is 0 Å². The molecule has 4 rings (SSSR count). The molecular formula is C21H28N4O.